The zero-order valence-electron chi connectivity index (χ0n) is 22.5. The van der Waals surface area contributed by atoms with Crippen molar-refractivity contribution in [3.8, 4) is 0 Å². The van der Waals surface area contributed by atoms with Gasteiger partial charge in [0.25, 0.3) is 5.17 Å². The van der Waals surface area contributed by atoms with Gasteiger partial charge in [-0.1, -0.05) is 0 Å². The van der Waals surface area contributed by atoms with Crippen molar-refractivity contribution in [2.75, 3.05) is 87.3 Å². The second-order valence-corrected chi connectivity index (χ2v) is 9.97. The summed E-state index contributed by atoms with van der Waals surface area (Å²) in [5.41, 5.74) is 2.92. The minimum Gasteiger partial charge on any atom is -0.474 e. The molecule has 1 aromatic heterocycles. The lowest BCUT2D eigenvalue weighted by Gasteiger charge is -2.37. The number of hydrogen-bond donors (Lipinski definition) is 2. The molecule has 3 aliphatic rings. The van der Waals surface area contributed by atoms with Crippen LogP contribution in [0.25, 0.3) is 0 Å². The number of carbonyl (C=O) groups is 2. The molecule has 13 nitrogen and oxygen atoms in total. The van der Waals surface area contributed by atoms with E-state index in [1.807, 2.05) is 4.90 Å². The van der Waals surface area contributed by atoms with Gasteiger partial charge in [0.1, 0.15) is 11.8 Å². The smallest absolute Gasteiger partial charge is 0.414 e. The Kier molecular flexibility index (Phi) is 8.78. The van der Waals surface area contributed by atoms with Gasteiger partial charge in [0.15, 0.2) is 11.6 Å². The Balaban J connectivity index is 1.18. The highest BCUT2D eigenvalue weighted by atomic mass is 32.1. The Bertz CT molecular complexity index is 1250. The number of halogens is 2. The monoisotopic (exact) mass is 591 g/mol. The summed E-state index contributed by atoms with van der Waals surface area (Å²) >= 11 is 4.91. The molecule has 41 heavy (non-hydrogen) atoms. The van der Waals surface area contributed by atoms with E-state index in [0.717, 1.165) is 12.1 Å². The molecule has 0 unspecified atom stereocenters. The number of carbonyl (C=O) groups excluding carboxylic acids is 2. The Hall–Kier alpha value is -4.05. The quantitative estimate of drug-likeness (QED) is 0.488. The number of hydrogen-bond acceptors (Lipinski definition) is 10. The van der Waals surface area contributed by atoms with Gasteiger partial charge in [-0.15, -0.1) is 0 Å². The number of benzene rings is 1. The predicted molar refractivity (Wildman–Crippen MR) is 150 cm³/mol. The van der Waals surface area contributed by atoms with Crippen LogP contribution in [0.15, 0.2) is 30.6 Å². The van der Waals surface area contributed by atoms with Crippen molar-refractivity contribution in [2.24, 2.45) is 0 Å². The molecule has 3 saturated heterocycles. The SMILES string of the molecule is COC(=S)NC[C@H]1CN(c2cc(F)c(N3CCNN(C(=O)N4CCN(c5ncccn5)CC4)CC3)c(F)c2)C(=O)O1. The molecule has 0 radical (unpaired) electrons. The molecule has 5 rings (SSSR count). The highest BCUT2D eigenvalue weighted by Gasteiger charge is 2.34. The first-order valence-corrected chi connectivity index (χ1v) is 13.6. The third-order valence-corrected chi connectivity index (χ3v) is 7.37. The molecule has 2 N–H and O–H groups in total. The fourth-order valence-corrected chi connectivity index (χ4v) is 5.04. The first-order chi connectivity index (χ1) is 19.8. The van der Waals surface area contributed by atoms with E-state index < -0.39 is 23.8 Å². The number of methoxy groups -OCH3 is 1. The topological polar surface area (TPSA) is 119 Å². The first kappa shape index (κ1) is 28.5. The minimum absolute atomic E-state index is 0.0513. The van der Waals surface area contributed by atoms with Crippen LogP contribution < -0.4 is 25.4 Å². The van der Waals surface area contributed by atoms with E-state index in [2.05, 4.69) is 20.7 Å². The summed E-state index contributed by atoms with van der Waals surface area (Å²) in [4.78, 5) is 40.6. The Morgan fingerprint density at radius 1 is 1.10 bits per heavy atom. The van der Waals surface area contributed by atoms with Crippen LogP contribution >= 0.6 is 12.2 Å². The number of piperazine rings is 1. The van der Waals surface area contributed by atoms with Gasteiger partial charge in [-0.25, -0.2) is 33.8 Å². The van der Waals surface area contributed by atoms with Crippen LogP contribution in [0.4, 0.5) is 35.7 Å². The summed E-state index contributed by atoms with van der Waals surface area (Å²) in [5.74, 6) is -0.994. The normalized spacial score (nSPS) is 19.6. The summed E-state index contributed by atoms with van der Waals surface area (Å²) < 4.78 is 40.7. The van der Waals surface area contributed by atoms with Crippen molar-refractivity contribution in [2.45, 2.75) is 6.10 Å². The highest BCUT2D eigenvalue weighted by Crippen LogP contribution is 2.31. The lowest BCUT2D eigenvalue weighted by molar-refractivity contribution is 0.132. The minimum atomic E-state index is -0.811. The third kappa shape index (κ3) is 6.48. The van der Waals surface area contributed by atoms with Crippen molar-refractivity contribution >= 4 is 46.8 Å². The van der Waals surface area contributed by atoms with Crippen molar-refractivity contribution in [1.29, 1.82) is 0 Å². The number of rotatable bonds is 5. The van der Waals surface area contributed by atoms with E-state index in [1.165, 1.54) is 17.0 Å². The van der Waals surface area contributed by atoms with E-state index in [-0.39, 0.29) is 55.3 Å². The molecule has 0 saturated carbocycles. The second kappa shape index (κ2) is 12.6. The molecule has 2 aromatic rings. The molecule has 1 aromatic carbocycles. The highest BCUT2D eigenvalue weighted by molar-refractivity contribution is 7.80. The molecule has 0 aliphatic carbocycles. The lowest BCUT2D eigenvalue weighted by Crippen LogP contribution is -2.56. The fraction of sp³-hybridized carbons (Fsp3) is 0.480. The van der Waals surface area contributed by atoms with E-state index in [9.17, 15) is 9.59 Å². The Morgan fingerprint density at radius 3 is 2.46 bits per heavy atom. The molecule has 3 amide bonds. The molecular formula is C25H31F2N9O4S. The van der Waals surface area contributed by atoms with Gasteiger partial charge in [-0.3, -0.25) is 9.91 Å². The van der Waals surface area contributed by atoms with Crippen LogP contribution in [0.2, 0.25) is 0 Å². The zero-order chi connectivity index (χ0) is 28.9. The van der Waals surface area contributed by atoms with Crippen molar-refractivity contribution in [1.82, 2.24) is 30.6 Å². The number of nitrogens with one attached hydrogen (secondary N) is 2. The van der Waals surface area contributed by atoms with Gasteiger partial charge in [0, 0.05) is 70.3 Å². The molecule has 0 spiro atoms. The van der Waals surface area contributed by atoms with Crippen LogP contribution in [-0.4, -0.2) is 116 Å². The molecule has 16 heteroatoms. The number of aromatic nitrogens is 2. The van der Waals surface area contributed by atoms with Gasteiger partial charge in [-0.05, 0) is 18.3 Å². The number of thiocarbonyl (C=S) groups is 1. The molecule has 0 bridgehead atoms. The zero-order valence-corrected chi connectivity index (χ0v) is 23.3. The maximum atomic E-state index is 15.3. The number of ether oxygens (including phenoxy) is 2. The number of anilines is 3. The molecule has 1 atom stereocenters. The maximum absolute atomic E-state index is 15.3. The van der Waals surface area contributed by atoms with Gasteiger partial charge in [0.2, 0.25) is 5.95 Å². The Morgan fingerprint density at radius 2 is 1.78 bits per heavy atom. The number of nitrogens with zero attached hydrogens (tertiary/aromatic N) is 7. The number of amides is 3. The summed E-state index contributed by atoms with van der Waals surface area (Å²) in [6.45, 7) is 3.49. The Labute approximate surface area is 240 Å². The van der Waals surface area contributed by atoms with Gasteiger partial charge in [-0.2, -0.15) is 0 Å². The summed E-state index contributed by atoms with van der Waals surface area (Å²) in [6.07, 6.45) is 2.08. The largest absolute Gasteiger partial charge is 0.474 e. The van der Waals surface area contributed by atoms with Crippen LogP contribution in [0.1, 0.15) is 0 Å². The lowest BCUT2D eigenvalue weighted by atomic mass is 10.2. The standard InChI is InChI=1S/C25H31F2N9O4S/c1-39-23(41)30-15-18-16-35(25(38)40-18)17-13-19(26)21(20(27)14-17)32-6-5-31-36(12-11-32)24(37)34-9-7-33(8-10-34)22-28-3-2-4-29-22/h2-4,13-14,18,31H,5-12,15-16H2,1H3,(H,30,41)/t18-/m0/s1. The average Bonchev–Trinajstić information content (AvgIpc) is 3.19. The number of cyclic esters (lactones) is 1. The van der Waals surface area contributed by atoms with Gasteiger partial charge >= 0.3 is 12.1 Å². The van der Waals surface area contributed by atoms with Crippen molar-refractivity contribution in [3.63, 3.8) is 0 Å². The first-order valence-electron chi connectivity index (χ1n) is 13.2. The van der Waals surface area contributed by atoms with Crippen LogP contribution in [0.5, 0.6) is 0 Å². The average molecular weight is 592 g/mol. The van der Waals surface area contributed by atoms with E-state index in [0.29, 0.717) is 38.7 Å². The summed E-state index contributed by atoms with van der Waals surface area (Å²) in [5, 5.41) is 4.43. The van der Waals surface area contributed by atoms with Gasteiger partial charge < -0.3 is 29.5 Å². The summed E-state index contributed by atoms with van der Waals surface area (Å²) in [7, 11) is 1.41. The fourth-order valence-electron chi connectivity index (χ4n) is 4.96. The van der Waals surface area contributed by atoms with Crippen LogP contribution in [0.3, 0.4) is 0 Å². The molecule has 4 heterocycles. The molecule has 3 aliphatic heterocycles. The maximum Gasteiger partial charge on any atom is 0.414 e. The number of urea groups is 1. The van der Waals surface area contributed by atoms with Crippen LogP contribution in [-0.2, 0) is 9.47 Å². The summed E-state index contributed by atoms with van der Waals surface area (Å²) in [6, 6.07) is 3.79. The third-order valence-electron chi connectivity index (χ3n) is 7.06. The van der Waals surface area contributed by atoms with Crippen molar-refractivity contribution < 1.29 is 27.8 Å². The molecular weight excluding hydrogens is 560 g/mol. The van der Waals surface area contributed by atoms with E-state index in [4.69, 9.17) is 21.7 Å². The van der Waals surface area contributed by atoms with E-state index >= 15 is 8.78 Å². The van der Waals surface area contributed by atoms with Gasteiger partial charge in [0.05, 0.1) is 32.4 Å². The van der Waals surface area contributed by atoms with Crippen molar-refractivity contribution in [3.05, 3.63) is 42.2 Å². The second-order valence-electron chi connectivity index (χ2n) is 9.60. The van der Waals surface area contributed by atoms with Crippen LogP contribution in [0, 0.1) is 11.6 Å². The molecule has 3 fully saturated rings. The van der Waals surface area contributed by atoms with E-state index in [1.54, 1.807) is 28.3 Å². The molecule has 220 valence electrons. The predicted octanol–water partition coefficient (Wildman–Crippen LogP) is 1.17. The number of hydrazine groups is 1.